The van der Waals surface area contributed by atoms with Crippen LogP contribution >= 0.6 is 0 Å². The number of amides is 1. The van der Waals surface area contributed by atoms with Crippen LogP contribution < -0.4 is 10.9 Å². The minimum atomic E-state index is -0.426. The Labute approximate surface area is 146 Å². The molecule has 0 radical (unpaired) electrons. The second-order valence-electron chi connectivity index (χ2n) is 6.43. The third-order valence-corrected chi connectivity index (χ3v) is 3.70. The second kappa shape index (κ2) is 7.92. The van der Waals surface area contributed by atoms with E-state index in [1.807, 2.05) is 13.8 Å². The fourth-order valence-corrected chi connectivity index (χ4v) is 2.55. The molecule has 0 aliphatic rings. The maximum atomic E-state index is 12.6. The molecule has 1 aromatic carbocycles. The van der Waals surface area contributed by atoms with Gasteiger partial charge in [-0.25, -0.2) is 4.68 Å². The van der Waals surface area contributed by atoms with Crippen LogP contribution in [0.25, 0.3) is 10.8 Å². The third kappa shape index (κ3) is 4.43. The Morgan fingerprint density at radius 2 is 1.84 bits per heavy atom. The second-order valence-corrected chi connectivity index (χ2v) is 6.43. The van der Waals surface area contributed by atoms with Crippen molar-refractivity contribution in [3.63, 3.8) is 0 Å². The molecule has 0 aliphatic carbocycles. The molecule has 1 heterocycles. The van der Waals surface area contributed by atoms with Crippen molar-refractivity contribution in [1.82, 2.24) is 15.1 Å². The molecule has 0 fully saturated rings. The van der Waals surface area contributed by atoms with Crippen LogP contribution in [0, 0.1) is 5.92 Å². The molecule has 0 aliphatic heterocycles. The molecule has 1 aromatic heterocycles. The SMILES string of the molecule is COC(=O)CC(C)NC(=O)c1nn(CC(C)C)c(=O)c2ccccc12. The number of ether oxygens (including phenoxy) is 1. The third-order valence-electron chi connectivity index (χ3n) is 3.70. The number of hydrogen-bond acceptors (Lipinski definition) is 5. The Morgan fingerprint density at radius 1 is 1.20 bits per heavy atom. The molecule has 1 amide bonds. The van der Waals surface area contributed by atoms with Gasteiger partial charge in [-0.1, -0.05) is 32.0 Å². The van der Waals surface area contributed by atoms with E-state index in [0.717, 1.165) is 0 Å². The van der Waals surface area contributed by atoms with E-state index >= 15 is 0 Å². The summed E-state index contributed by atoms with van der Waals surface area (Å²) in [6, 6.07) is 6.48. The summed E-state index contributed by atoms with van der Waals surface area (Å²) in [4.78, 5) is 36.5. The molecule has 25 heavy (non-hydrogen) atoms. The summed E-state index contributed by atoms with van der Waals surface area (Å²) in [6.45, 7) is 6.08. The van der Waals surface area contributed by atoms with E-state index in [1.54, 1.807) is 31.2 Å². The number of nitrogens with zero attached hydrogens (tertiary/aromatic N) is 2. The maximum Gasteiger partial charge on any atom is 0.307 e. The molecular formula is C18H23N3O4. The molecule has 7 nitrogen and oxygen atoms in total. The lowest BCUT2D eigenvalue weighted by molar-refractivity contribution is -0.141. The fourth-order valence-electron chi connectivity index (χ4n) is 2.55. The number of methoxy groups -OCH3 is 1. The first-order valence-corrected chi connectivity index (χ1v) is 8.21. The zero-order valence-electron chi connectivity index (χ0n) is 14.9. The molecular weight excluding hydrogens is 322 g/mol. The van der Waals surface area contributed by atoms with Crippen molar-refractivity contribution in [2.45, 2.75) is 39.8 Å². The van der Waals surface area contributed by atoms with Gasteiger partial charge in [0, 0.05) is 18.0 Å². The number of carbonyl (C=O) groups excluding carboxylic acids is 2. The summed E-state index contributed by atoms with van der Waals surface area (Å²) in [5.74, 6) is -0.624. The predicted molar refractivity (Wildman–Crippen MR) is 94.4 cm³/mol. The zero-order valence-corrected chi connectivity index (χ0v) is 14.9. The average Bonchev–Trinajstić information content (AvgIpc) is 2.56. The summed E-state index contributed by atoms with van der Waals surface area (Å²) < 4.78 is 5.93. The van der Waals surface area contributed by atoms with Gasteiger partial charge >= 0.3 is 5.97 Å². The number of esters is 1. The lowest BCUT2D eigenvalue weighted by Crippen LogP contribution is -2.37. The molecule has 2 aromatic rings. The topological polar surface area (TPSA) is 90.3 Å². The maximum absolute atomic E-state index is 12.6. The highest BCUT2D eigenvalue weighted by Crippen LogP contribution is 2.14. The van der Waals surface area contributed by atoms with E-state index in [0.29, 0.717) is 17.3 Å². The van der Waals surface area contributed by atoms with Crippen molar-refractivity contribution >= 4 is 22.6 Å². The van der Waals surface area contributed by atoms with Crippen LogP contribution in [-0.4, -0.2) is 34.8 Å². The summed E-state index contributed by atoms with van der Waals surface area (Å²) in [5.41, 5.74) is -0.0453. The molecule has 0 spiro atoms. The first-order valence-electron chi connectivity index (χ1n) is 8.21. The van der Waals surface area contributed by atoms with Crippen molar-refractivity contribution < 1.29 is 14.3 Å². The fraction of sp³-hybridized carbons (Fsp3) is 0.444. The number of rotatable bonds is 6. The Morgan fingerprint density at radius 3 is 2.44 bits per heavy atom. The van der Waals surface area contributed by atoms with Crippen LogP contribution in [0.2, 0.25) is 0 Å². The highest BCUT2D eigenvalue weighted by molar-refractivity contribution is 6.04. The lowest BCUT2D eigenvalue weighted by atomic mass is 10.1. The highest BCUT2D eigenvalue weighted by atomic mass is 16.5. The molecule has 0 bridgehead atoms. The van der Waals surface area contributed by atoms with Crippen molar-refractivity contribution in [2.24, 2.45) is 5.92 Å². The van der Waals surface area contributed by atoms with Crippen molar-refractivity contribution in [2.75, 3.05) is 7.11 Å². The van der Waals surface area contributed by atoms with Crippen LogP contribution in [-0.2, 0) is 16.1 Å². The first kappa shape index (κ1) is 18.6. The van der Waals surface area contributed by atoms with Gasteiger partial charge in [-0.05, 0) is 18.9 Å². The van der Waals surface area contributed by atoms with Gasteiger partial charge in [-0.3, -0.25) is 14.4 Å². The van der Waals surface area contributed by atoms with E-state index in [9.17, 15) is 14.4 Å². The van der Waals surface area contributed by atoms with E-state index in [-0.39, 0.29) is 23.6 Å². The summed E-state index contributed by atoms with van der Waals surface area (Å²) in [5, 5.41) is 7.95. The van der Waals surface area contributed by atoms with E-state index in [4.69, 9.17) is 0 Å². The Hall–Kier alpha value is -2.70. The first-order chi connectivity index (χ1) is 11.8. The number of carbonyl (C=O) groups is 2. The van der Waals surface area contributed by atoms with Crippen LogP contribution in [0.15, 0.2) is 29.1 Å². The molecule has 1 atom stereocenters. The van der Waals surface area contributed by atoms with Gasteiger partial charge in [0.25, 0.3) is 11.5 Å². The Bertz CT molecular complexity index is 842. The molecule has 0 saturated carbocycles. The van der Waals surface area contributed by atoms with Crippen LogP contribution in [0.1, 0.15) is 37.7 Å². The van der Waals surface area contributed by atoms with E-state index in [2.05, 4.69) is 15.2 Å². The quantitative estimate of drug-likeness (QED) is 0.805. The normalized spacial score (nSPS) is 12.2. The standard InChI is InChI=1S/C18H23N3O4/c1-11(2)10-21-18(24)14-8-6-5-7-13(14)16(20-21)17(23)19-12(3)9-15(22)25-4/h5-8,11-12H,9-10H2,1-4H3,(H,19,23). The van der Waals surface area contributed by atoms with Crippen molar-refractivity contribution in [3.05, 3.63) is 40.3 Å². The number of aromatic nitrogens is 2. The molecule has 1 N–H and O–H groups in total. The van der Waals surface area contributed by atoms with Gasteiger partial charge in [0.15, 0.2) is 5.69 Å². The van der Waals surface area contributed by atoms with Gasteiger partial charge in [-0.2, -0.15) is 5.10 Å². The number of hydrogen-bond donors (Lipinski definition) is 1. The van der Waals surface area contributed by atoms with E-state index in [1.165, 1.54) is 11.8 Å². The van der Waals surface area contributed by atoms with Crippen LogP contribution in [0.3, 0.4) is 0 Å². The van der Waals surface area contributed by atoms with Gasteiger partial charge < -0.3 is 10.1 Å². The van der Waals surface area contributed by atoms with Crippen molar-refractivity contribution in [1.29, 1.82) is 0 Å². The zero-order chi connectivity index (χ0) is 18.6. The summed E-state index contributed by atoms with van der Waals surface area (Å²) in [6.07, 6.45) is 0.0613. The van der Waals surface area contributed by atoms with Gasteiger partial charge in [0.1, 0.15) is 0 Å². The Kier molecular flexibility index (Phi) is 5.90. The average molecular weight is 345 g/mol. The summed E-state index contributed by atoms with van der Waals surface area (Å²) >= 11 is 0. The van der Waals surface area contributed by atoms with E-state index < -0.39 is 17.9 Å². The molecule has 134 valence electrons. The van der Waals surface area contributed by atoms with Crippen LogP contribution in [0.5, 0.6) is 0 Å². The summed E-state index contributed by atoms with van der Waals surface area (Å²) in [7, 11) is 1.30. The number of nitrogens with one attached hydrogen (secondary N) is 1. The molecule has 1 unspecified atom stereocenters. The monoisotopic (exact) mass is 345 g/mol. The molecule has 2 rings (SSSR count). The van der Waals surface area contributed by atoms with Gasteiger partial charge in [0.05, 0.1) is 18.9 Å². The van der Waals surface area contributed by atoms with Crippen LogP contribution in [0.4, 0.5) is 0 Å². The van der Waals surface area contributed by atoms with Gasteiger partial charge in [-0.15, -0.1) is 0 Å². The van der Waals surface area contributed by atoms with Crippen molar-refractivity contribution in [3.8, 4) is 0 Å². The highest BCUT2D eigenvalue weighted by Gasteiger charge is 2.19. The lowest BCUT2D eigenvalue weighted by Gasteiger charge is -2.15. The number of benzene rings is 1. The Balaban J connectivity index is 2.42. The minimum absolute atomic E-state index is 0.0613. The van der Waals surface area contributed by atoms with Gasteiger partial charge in [0.2, 0.25) is 0 Å². The predicted octanol–water partition coefficient (Wildman–Crippen LogP) is 1.73. The largest absolute Gasteiger partial charge is 0.469 e. The molecule has 7 heteroatoms. The molecule has 0 saturated heterocycles. The number of fused-ring (bicyclic) bond motifs is 1. The smallest absolute Gasteiger partial charge is 0.307 e. The minimum Gasteiger partial charge on any atom is -0.469 e.